The molecule has 1 atom stereocenters. The summed E-state index contributed by atoms with van der Waals surface area (Å²) in [4.78, 5) is 0. The van der Waals surface area contributed by atoms with Crippen LogP contribution < -0.4 is 0 Å². The molecule has 1 nitrogen and oxygen atoms in total. The predicted octanol–water partition coefficient (Wildman–Crippen LogP) is 4.29. The van der Waals surface area contributed by atoms with E-state index in [2.05, 4.69) is 6.07 Å². The Morgan fingerprint density at radius 1 is 0.895 bits per heavy atom. The Morgan fingerprint density at radius 3 is 1.95 bits per heavy atom. The lowest BCUT2D eigenvalue weighted by Crippen LogP contribution is -1.91. The van der Waals surface area contributed by atoms with Gasteiger partial charge in [-0.05, 0) is 35.4 Å². The molecule has 19 heavy (non-hydrogen) atoms. The van der Waals surface area contributed by atoms with Gasteiger partial charge in [0.25, 0.3) is 0 Å². The van der Waals surface area contributed by atoms with Crippen molar-refractivity contribution in [2.24, 2.45) is 0 Å². The minimum absolute atomic E-state index is 0.299. The second kappa shape index (κ2) is 5.92. The average molecular weight is 255 g/mol. The lowest BCUT2D eigenvalue weighted by Gasteiger charge is -2.03. The van der Waals surface area contributed by atoms with Gasteiger partial charge in [-0.1, -0.05) is 36.4 Å². The number of halogens is 2. The summed E-state index contributed by atoms with van der Waals surface area (Å²) in [7, 11) is 0. The van der Waals surface area contributed by atoms with Gasteiger partial charge in [0.15, 0.2) is 0 Å². The Bertz CT molecular complexity index is 607. The first-order chi connectivity index (χ1) is 9.19. The van der Waals surface area contributed by atoms with Gasteiger partial charge in [-0.3, -0.25) is 0 Å². The molecule has 0 aromatic heterocycles. The number of allylic oxidation sites excluding steroid dienone is 1. The second-order valence-electron chi connectivity index (χ2n) is 4.07. The van der Waals surface area contributed by atoms with Crippen molar-refractivity contribution in [1.29, 1.82) is 5.26 Å². The van der Waals surface area contributed by atoms with E-state index in [1.165, 1.54) is 24.3 Å². The average Bonchev–Trinajstić information content (AvgIpc) is 2.43. The number of benzene rings is 2. The van der Waals surface area contributed by atoms with Crippen LogP contribution in [0.3, 0.4) is 0 Å². The van der Waals surface area contributed by atoms with Crippen LogP contribution in [0.5, 0.6) is 0 Å². The maximum absolute atomic E-state index is 12.8. The quantitative estimate of drug-likeness (QED) is 0.802. The molecule has 0 fully saturated rings. The van der Waals surface area contributed by atoms with Crippen LogP contribution in [0, 0.1) is 23.0 Å². The predicted molar refractivity (Wildman–Crippen MR) is 70.2 cm³/mol. The molecule has 0 saturated heterocycles. The third kappa shape index (κ3) is 3.49. The van der Waals surface area contributed by atoms with Crippen LogP contribution in [0.15, 0.2) is 54.6 Å². The summed E-state index contributed by atoms with van der Waals surface area (Å²) in [5.74, 6) is -1.08. The van der Waals surface area contributed by atoms with Gasteiger partial charge in [-0.15, -0.1) is 0 Å². The zero-order valence-electron chi connectivity index (χ0n) is 10.1. The first-order valence-electron chi connectivity index (χ1n) is 5.78. The molecule has 1 unspecified atom stereocenters. The Morgan fingerprint density at radius 2 is 1.42 bits per heavy atom. The number of hydrogen-bond acceptors (Lipinski definition) is 1. The van der Waals surface area contributed by atoms with Gasteiger partial charge in [0.05, 0.1) is 12.0 Å². The van der Waals surface area contributed by atoms with Crippen LogP contribution >= 0.6 is 0 Å². The van der Waals surface area contributed by atoms with Crippen LogP contribution in [0.2, 0.25) is 0 Å². The van der Waals surface area contributed by atoms with Gasteiger partial charge in [0.1, 0.15) is 11.6 Å². The van der Waals surface area contributed by atoms with Gasteiger partial charge in [0, 0.05) is 0 Å². The van der Waals surface area contributed by atoms with Crippen molar-refractivity contribution in [3.63, 3.8) is 0 Å². The standard InChI is InChI=1S/C16H11F2N/c17-15-7-2-12(3-8-15)1-4-14(11-19)13-5-9-16(18)10-6-13/h1-10,14H/b4-1+. The molecule has 0 amide bonds. The number of nitriles is 1. The van der Waals surface area contributed by atoms with Crippen molar-refractivity contribution >= 4 is 6.08 Å². The zero-order valence-corrected chi connectivity index (χ0v) is 10.1. The van der Waals surface area contributed by atoms with Gasteiger partial charge in [-0.2, -0.15) is 5.26 Å². The smallest absolute Gasteiger partial charge is 0.123 e. The molecule has 0 radical (unpaired) electrons. The topological polar surface area (TPSA) is 23.8 Å². The van der Waals surface area contributed by atoms with E-state index in [0.29, 0.717) is 0 Å². The van der Waals surface area contributed by atoms with E-state index in [-0.39, 0.29) is 11.6 Å². The molecule has 2 aromatic rings. The molecule has 94 valence electrons. The Balaban J connectivity index is 2.17. The van der Waals surface area contributed by atoms with Gasteiger partial charge >= 0.3 is 0 Å². The van der Waals surface area contributed by atoms with Crippen molar-refractivity contribution in [3.05, 3.63) is 77.4 Å². The largest absolute Gasteiger partial charge is 0.207 e. The lowest BCUT2D eigenvalue weighted by atomic mass is 9.99. The second-order valence-corrected chi connectivity index (χ2v) is 4.07. The third-order valence-electron chi connectivity index (χ3n) is 2.72. The molecule has 0 spiro atoms. The highest BCUT2D eigenvalue weighted by Gasteiger charge is 2.06. The number of hydrogen-bond donors (Lipinski definition) is 0. The van der Waals surface area contributed by atoms with E-state index in [1.54, 1.807) is 36.4 Å². The number of rotatable bonds is 3. The molecule has 3 heteroatoms. The molecule has 0 heterocycles. The van der Waals surface area contributed by atoms with Crippen molar-refractivity contribution in [2.45, 2.75) is 5.92 Å². The van der Waals surface area contributed by atoms with Crippen molar-refractivity contribution in [2.75, 3.05) is 0 Å². The Hall–Kier alpha value is -2.47. The summed E-state index contributed by atoms with van der Waals surface area (Å²) >= 11 is 0. The van der Waals surface area contributed by atoms with Gasteiger partial charge < -0.3 is 0 Å². The Kier molecular flexibility index (Phi) is 4.04. The van der Waals surface area contributed by atoms with E-state index in [1.807, 2.05) is 0 Å². The molecule has 2 aromatic carbocycles. The maximum atomic E-state index is 12.8. The first-order valence-corrected chi connectivity index (χ1v) is 5.78. The van der Waals surface area contributed by atoms with E-state index < -0.39 is 5.92 Å². The summed E-state index contributed by atoms with van der Waals surface area (Å²) < 4.78 is 25.5. The normalized spacial score (nSPS) is 12.3. The summed E-state index contributed by atoms with van der Waals surface area (Å²) in [5.41, 5.74) is 1.53. The lowest BCUT2D eigenvalue weighted by molar-refractivity contribution is 0.627. The fourth-order valence-corrected chi connectivity index (χ4v) is 1.68. The van der Waals surface area contributed by atoms with Gasteiger partial charge in [0.2, 0.25) is 0 Å². The zero-order chi connectivity index (χ0) is 13.7. The van der Waals surface area contributed by atoms with Crippen LogP contribution in [0.4, 0.5) is 8.78 Å². The molecule has 0 bridgehead atoms. The molecule has 0 saturated carbocycles. The summed E-state index contributed by atoms with van der Waals surface area (Å²) in [6.07, 6.45) is 3.46. The molecule has 0 aliphatic carbocycles. The maximum Gasteiger partial charge on any atom is 0.123 e. The fourth-order valence-electron chi connectivity index (χ4n) is 1.68. The Labute approximate surface area is 110 Å². The highest BCUT2D eigenvalue weighted by Crippen LogP contribution is 2.18. The highest BCUT2D eigenvalue weighted by atomic mass is 19.1. The third-order valence-corrected chi connectivity index (χ3v) is 2.72. The SMILES string of the molecule is N#CC(/C=C/c1ccc(F)cc1)c1ccc(F)cc1. The highest BCUT2D eigenvalue weighted by molar-refractivity contribution is 5.51. The molecular formula is C16H11F2N. The molecule has 2 rings (SSSR count). The molecule has 0 N–H and O–H groups in total. The first kappa shape index (κ1) is 13.0. The number of nitrogens with zero attached hydrogens (tertiary/aromatic N) is 1. The minimum atomic E-state index is -0.453. The van der Waals surface area contributed by atoms with Crippen molar-refractivity contribution in [3.8, 4) is 6.07 Å². The molecule has 0 aliphatic rings. The summed E-state index contributed by atoms with van der Waals surface area (Å²) in [6.45, 7) is 0. The van der Waals surface area contributed by atoms with E-state index >= 15 is 0 Å². The minimum Gasteiger partial charge on any atom is -0.207 e. The van der Waals surface area contributed by atoms with Crippen LogP contribution in [-0.2, 0) is 0 Å². The van der Waals surface area contributed by atoms with Crippen molar-refractivity contribution < 1.29 is 8.78 Å². The summed E-state index contributed by atoms with van der Waals surface area (Å²) in [5, 5.41) is 9.12. The fraction of sp³-hybridized carbons (Fsp3) is 0.0625. The van der Waals surface area contributed by atoms with E-state index in [4.69, 9.17) is 5.26 Å². The summed E-state index contributed by atoms with van der Waals surface area (Å²) in [6, 6.07) is 13.9. The molecule has 0 aliphatic heterocycles. The van der Waals surface area contributed by atoms with Crippen LogP contribution in [-0.4, -0.2) is 0 Å². The van der Waals surface area contributed by atoms with Crippen molar-refractivity contribution in [1.82, 2.24) is 0 Å². The van der Waals surface area contributed by atoms with E-state index in [9.17, 15) is 8.78 Å². The van der Waals surface area contributed by atoms with Gasteiger partial charge in [-0.25, -0.2) is 8.78 Å². The van der Waals surface area contributed by atoms with Crippen LogP contribution in [0.1, 0.15) is 17.0 Å². The van der Waals surface area contributed by atoms with Crippen LogP contribution in [0.25, 0.3) is 6.08 Å². The van der Waals surface area contributed by atoms with E-state index in [0.717, 1.165) is 11.1 Å². The monoisotopic (exact) mass is 255 g/mol. The molecular weight excluding hydrogens is 244 g/mol.